The average molecular weight is 376 g/mol. The van der Waals surface area contributed by atoms with Crippen LogP contribution in [-0.4, -0.2) is 22.2 Å². The van der Waals surface area contributed by atoms with E-state index in [1.54, 1.807) is 0 Å². The number of aromatic nitrogens is 2. The van der Waals surface area contributed by atoms with Crippen molar-refractivity contribution in [2.75, 3.05) is 6.54 Å². The number of carbonyl (C=O) groups is 1. The van der Waals surface area contributed by atoms with Crippen LogP contribution in [0.3, 0.4) is 0 Å². The summed E-state index contributed by atoms with van der Waals surface area (Å²) in [5, 5.41) is 7.56. The molecule has 1 heterocycles. The molecule has 0 aliphatic carbocycles. The van der Waals surface area contributed by atoms with E-state index < -0.39 is 0 Å². The van der Waals surface area contributed by atoms with E-state index in [2.05, 4.69) is 49.4 Å². The Labute approximate surface area is 167 Å². The Morgan fingerprint density at radius 2 is 1.71 bits per heavy atom. The number of amides is 1. The number of hydrogen-bond donors (Lipinski definition) is 1. The van der Waals surface area contributed by atoms with Crippen LogP contribution >= 0.6 is 0 Å². The van der Waals surface area contributed by atoms with Crippen molar-refractivity contribution in [2.45, 2.75) is 47.6 Å². The molecule has 0 saturated heterocycles. The van der Waals surface area contributed by atoms with E-state index in [1.807, 2.05) is 42.8 Å². The summed E-state index contributed by atoms with van der Waals surface area (Å²) in [6, 6.07) is 14.2. The van der Waals surface area contributed by atoms with Crippen molar-refractivity contribution in [3.8, 4) is 0 Å². The van der Waals surface area contributed by atoms with Gasteiger partial charge in [-0.3, -0.25) is 9.48 Å². The standard InChI is InChI=1S/C24H29N3O/c1-16-11-17(2)23(18(3)12-16)9-10-25-24(28)22-8-6-7-21(14-22)15-27-20(5)13-19(4)26-27/h6-8,11-14H,9-10,15H2,1-5H3,(H,25,28). The first-order valence-corrected chi connectivity index (χ1v) is 9.78. The fourth-order valence-electron chi connectivity index (χ4n) is 3.83. The van der Waals surface area contributed by atoms with E-state index in [4.69, 9.17) is 0 Å². The monoisotopic (exact) mass is 375 g/mol. The Kier molecular flexibility index (Phi) is 5.98. The van der Waals surface area contributed by atoms with Crippen molar-refractivity contribution in [3.63, 3.8) is 0 Å². The van der Waals surface area contributed by atoms with Crippen LogP contribution in [0.4, 0.5) is 0 Å². The lowest BCUT2D eigenvalue weighted by atomic mass is 9.97. The van der Waals surface area contributed by atoms with Gasteiger partial charge in [0.05, 0.1) is 12.2 Å². The summed E-state index contributed by atoms with van der Waals surface area (Å²) in [7, 11) is 0. The molecule has 0 atom stereocenters. The van der Waals surface area contributed by atoms with Crippen molar-refractivity contribution < 1.29 is 4.79 Å². The molecule has 0 saturated carbocycles. The summed E-state index contributed by atoms with van der Waals surface area (Å²) in [5.74, 6) is -0.0300. The fourth-order valence-corrected chi connectivity index (χ4v) is 3.83. The summed E-state index contributed by atoms with van der Waals surface area (Å²) in [6.07, 6.45) is 0.842. The number of rotatable bonds is 6. The molecule has 4 heteroatoms. The van der Waals surface area contributed by atoms with Crippen LogP contribution in [0.15, 0.2) is 42.5 Å². The van der Waals surface area contributed by atoms with Crippen LogP contribution in [0, 0.1) is 34.6 Å². The Morgan fingerprint density at radius 3 is 2.36 bits per heavy atom. The van der Waals surface area contributed by atoms with Crippen molar-refractivity contribution in [3.05, 3.63) is 87.2 Å². The lowest BCUT2D eigenvalue weighted by Gasteiger charge is -2.12. The molecule has 0 unspecified atom stereocenters. The lowest BCUT2D eigenvalue weighted by Crippen LogP contribution is -2.26. The van der Waals surface area contributed by atoms with E-state index in [1.165, 1.54) is 22.3 Å². The van der Waals surface area contributed by atoms with E-state index in [9.17, 15) is 4.79 Å². The first kappa shape index (κ1) is 19.9. The van der Waals surface area contributed by atoms with Gasteiger partial charge in [-0.25, -0.2) is 0 Å². The predicted octanol–water partition coefficient (Wildman–Crippen LogP) is 4.45. The minimum atomic E-state index is -0.0300. The molecule has 0 aliphatic heterocycles. The second kappa shape index (κ2) is 8.42. The Hall–Kier alpha value is -2.88. The van der Waals surface area contributed by atoms with Crippen molar-refractivity contribution in [2.24, 2.45) is 0 Å². The zero-order valence-electron chi connectivity index (χ0n) is 17.5. The van der Waals surface area contributed by atoms with Gasteiger partial charge in [-0.1, -0.05) is 29.8 Å². The zero-order valence-corrected chi connectivity index (χ0v) is 17.5. The summed E-state index contributed by atoms with van der Waals surface area (Å²) < 4.78 is 1.97. The third-order valence-corrected chi connectivity index (χ3v) is 5.13. The van der Waals surface area contributed by atoms with Crippen molar-refractivity contribution in [1.29, 1.82) is 0 Å². The van der Waals surface area contributed by atoms with Gasteiger partial charge < -0.3 is 5.32 Å². The number of nitrogens with zero attached hydrogens (tertiary/aromatic N) is 2. The first-order valence-electron chi connectivity index (χ1n) is 9.78. The molecular formula is C24H29N3O. The Morgan fingerprint density at radius 1 is 1.00 bits per heavy atom. The highest BCUT2D eigenvalue weighted by atomic mass is 16.1. The molecule has 146 valence electrons. The van der Waals surface area contributed by atoms with Crippen LogP contribution < -0.4 is 5.32 Å². The van der Waals surface area contributed by atoms with Crippen molar-refractivity contribution >= 4 is 5.91 Å². The smallest absolute Gasteiger partial charge is 0.251 e. The van der Waals surface area contributed by atoms with Gasteiger partial charge >= 0.3 is 0 Å². The zero-order chi connectivity index (χ0) is 20.3. The van der Waals surface area contributed by atoms with Crippen LogP contribution in [0.1, 0.15) is 49.6 Å². The maximum atomic E-state index is 12.6. The normalized spacial score (nSPS) is 10.9. The highest BCUT2D eigenvalue weighted by Crippen LogP contribution is 2.17. The van der Waals surface area contributed by atoms with E-state index in [0.717, 1.165) is 23.4 Å². The quantitative estimate of drug-likeness (QED) is 0.692. The summed E-state index contributed by atoms with van der Waals surface area (Å²) >= 11 is 0. The largest absolute Gasteiger partial charge is 0.352 e. The van der Waals surface area contributed by atoms with E-state index in [0.29, 0.717) is 18.7 Å². The summed E-state index contributed by atoms with van der Waals surface area (Å²) in [6.45, 7) is 11.7. The van der Waals surface area contributed by atoms with Gasteiger partial charge in [0.2, 0.25) is 0 Å². The van der Waals surface area contributed by atoms with E-state index in [-0.39, 0.29) is 5.91 Å². The maximum Gasteiger partial charge on any atom is 0.251 e. The van der Waals surface area contributed by atoms with Gasteiger partial charge in [0.15, 0.2) is 0 Å². The van der Waals surface area contributed by atoms with Gasteiger partial charge in [0.25, 0.3) is 5.91 Å². The SMILES string of the molecule is Cc1cc(C)c(CCNC(=O)c2cccc(Cn3nc(C)cc3C)c2)c(C)c1. The number of nitrogens with one attached hydrogen (secondary N) is 1. The molecule has 28 heavy (non-hydrogen) atoms. The summed E-state index contributed by atoms with van der Waals surface area (Å²) in [5.41, 5.74) is 9.08. The minimum absolute atomic E-state index is 0.0300. The molecular weight excluding hydrogens is 346 g/mol. The number of hydrogen-bond acceptors (Lipinski definition) is 2. The van der Waals surface area contributed by atoms with Crippen LogP contribution in [-0.2, 0) is 13.0 Å². The number of aryl methyl sites for hydroxylation is 5. The van der Waals surface area contributed by atoms with Gasteiger partial charge in [0, 0.05) is 17.8 Å². The maximum absolute atomic E-state index is 12.6. The molecule has 0 bridgehead atoms. The first-order chi connectivity index (χ1) is 13.3. The molecule has 1 amide bonds. The molecule has 0 spiro atoms. The second-order valence-corrected chi connectivity index (χ2v) is 7.67. The molecule has 0 aliphatic rings. The topological polar surface area (TPSA) is 46.9 Å². The second-order valence-electron chi connectivity index (χ2n) is 7.67. The van der Waals surface area contributed by atoms with E-state index >= 15 is 0 Å². The minimum Gasteiger partial charge on any atom is -0.352 e. The molecule has 0 fully saturated rings. The lowest BCUT2D eigenvalue weighted by molar-refractivity contribution is 0.0954. The van der Waals surface area contributed by atoms with Gasteiger partial charge in [-0.2, -0.15) is 5.10 Å². The molecule has 1 N–H and O–H groups in total. The van der Waals surface area contributed by atoms with Crippen LogP contribution in [0.2, 0.25) is 0 Å². The molecule has 1 aromatic heterocycles. The third-order valence-electron chi connectivity index (χ3n) is 5.13. The van der Waals surface area contributed by atoms with Gasteiger partial charge in [0.1, 0.15) is 0 Å². The Balaban J connectivity index is 1.63. The number of carbonyl (C=O) groups excluding carboxylic acids is 1. The summed E-state index contributed by atoms with van der Waals surface area (Å²) in [4.78, 5) is 12.6. The fraction of sp³-hybridized carbons (Fsp3) is 0.333. The molecule has 2 aromatic carbocycles. The number of benzene rings is 2. The van der Waals surface area contributed by atoms with Gasteiger partial charge in [-0.05, 0) is 81.5 Å². The Bertz CT molecular complexity index is 978. The molecule has 3 rings (SSSR count). The predicted molar refractivity (Wildman–Crippen MR) is 114 cm³/mol. The highest BCUT2D eigenvalue weighted by Gasteiger charge is 2.09. The van der Waals surface area contributed by atoms with Crippen LogP contribution in [0.5, 0.6) is 0 Å². The average Bonchev–Trinajstić information content (AvgIpc) is 2.94. The molecule has 3 aromatic rings. The highest BCUT2D eigenvalue weighted by molar-refractivity contribution is 5.94. The molecule has 0 radical (unpaired) electrons. The molecule has 4 nitrogen and oxygen atoms in total. The van der Waals surface area contributed by atoms with Gasteiger partial charge in [-0.15, -0.1) is 0 Å². The van der Waals surface area contributed by atoms with Crippen molar-refractivity contribution in [1.82, 2.24) is 15.1 Å². The van der Waals surface area contributed by atoms with Crippen LogP contribution in [0.25, 0.3) is 0 Å². The third kappa shape index (κ3) is 4.69.